The van der Waals surface area contributed by atoms with E-state index < -0.39 is 0 Å². The number of rotatable bonds is 13. The Morgan fingerprint density at radius 2 is 1.08 bits per heavy atom. The fourth-order valence-corrected chi connectivity index (χ4v) is 13.6. The first-order chi connectivity index (χ1) is 47.0. The molecule has 0 unspecified atom stereocenters. The van der Waals surface area contributed by atoms with E-state index in [1.807, 2.05) is 137 Å². The Morgan fingerprint density at radius 3 is 1.62 bits per heavy atom. The lowest BCUT2D eigenvalue weighted by Crippen LogP contribution is -2.49. The molecule has 5 aromatic heterocycles. The van der Waals surface area contributed by atoms with Gasteiger partial charge in [0, 0.05) is 125 Å². The van der Waals surface area contributed by atoms with Crippen molar-refractivity contribution in [3.05, 3.63) is 225 Å². The number of para-hydroxylation sites is 2. The number of nitrogens with zero attached hydrogens (tertiary/aromatic N) is 14. The summed E-state index contributed by atoms with van der Waals surface area (Å²) < 4.78 is 15.0. The van der Waals surface area contributed by atoms with Gasteiger partial charge in [-0.3, -0.25) is 28.8 Å². The standard InChI is InChI=1S/C27H30ClN5O3.C26H22N4O2S.C20H19N5O3/c1-30(2)11-4-12-33-24-10-7-20(28)17-22(24)25(23(18-29)27(33)35)31-13-15-32(16-14-31)26(34)19-5-8-21(36-3)9-6-19;27-17-21-24(28-12-14-29(15-13-28)26(32)23-11-6-16-33-23)20-9-4-5-10-22(20)30(25(21)31)18-19-7-2-1-3-8-19;1-13-11-16(22-28-13)20(27)25-9-7-24(8-10-25)18-14-5-3-4-6-17(14)23(2)19(26)15(18)12-21/h5-10,17H,4,11-16H2,1-3H3;1-11,16H,12-15,18H2;3-6,11H,7-10H2,1-2H3. The molecule has 3 aliphatic rings. The second kappa shape index (κ2) is 30.1. The minimum Gasteiger partial charge on any atom is -0.497 e. The van der Waals surface area contributed by atoms with E-state index in [4.69, 9.17) is 20.9 Å². The molecule has 0 bridgehead atoms. The Kier molecular flexibility index (Phi) is 20.9. The second-order valence-electron chi connectivity index (χ2n) is 23.9. The molecule has 24 heteroatoms. The van der Waals surface area contributed by atoms with Crippen LogP contribution in [-0.4, -0.2) is 162 Å². The number of thiophene rings is 1. The molecule has 494 valence electrons. The van der Waals surface area contributed by atoms with Crippen molar-refractivity contribution in [2.75, 3.05) is 121 Å². The van der Waals surface area contributed by atoms with E-state index in [1.165, 1.54) is 15.9 Å². The third-order valence-electron chi connectivity index (χ3n) is 17.7. The van der Waals surface area contributed by atoms with Crippen molar-refractivity contribution >= 4 is 90.4 Å². The number of fused-ring (bicyclic) bond motifs is 3. The van der Waals surface area contributed by atoms with Crippen molar-refractivity contribution in [3.8, 4) is 24.0 Å². The third-order valence-corrected chi connectivity index (χ3v) is 18.8. The molecule has 0 radical (unpaired) electrons. The highest BCUT2D eigenvalue weighted by molar-refractivity contribution is 7.12. The van der Waals surface area contributed by atoms with Crippen LogP contribution in [0.15, 0.2) is 164 Å². The maximum absolute atomic E-state index is 13.5. The molecule has 0 saturated carbocycles. The smallest absolute Gasteiger partial charge is 0.276 e. The number of pyridine rings is 3. The van der Waals surface area contributed by atoms with E-state index >= 15 is 0 Å². The summed E-state index contributed by atoms with van der Waals surface area (Å²) in [6.07, 6.45) is 0.779. The summed E-state index contributed by atoms with van der Waals surface area (Å²) in [5, 5.41) is 38.4. The minimum absolute atomic E-state index is 0.0355. The van der Waals surface area contributed by atoms with E-state index in [-0.39, 0.29) is 51.1 Å². The number of carbonyl (C=O) groups excluding carboxylic acids is 3. The van der Waals surface area contributed by atoms with Crippen molar-refractivity contribution in [2.45, 2.75) is 26.4 Å². The molecule has 0 aliphatic carbocycles. The summed E-state index contributed by atoms with van der Waals surface area (Å²) in [5.74, 6) is 1.09. The summed E-state index contributed by atoms with van der Waals surface area (Å²) in [6.45, 7) is 9.65. The molecule has 8 heterocycles. The molecule has 0 N–H and O–H groups in total. The number of nitriles is 3. The number of hydrogen-bond donors (Lipinski definition) is 0. The van der Waals surface area contributed by atoms with Crippen molar-refractivity contribution in [1.29, 1.82) is 15.8 Å². The largest absolute Gasteiger partial charge is 0.497 e. The summed E-state index contributed by atoms with van der Waals surface area (Å²) >= 11 is 7.80. The lowest BCUT2D eigenvalue weighted by molar-refractivity contribution is 0.0731. The molecule has 10 aromatic rings. The molecule has 3 amide bonds. The molecule has 3 fully saturated rings. The van der Waals surface area contributed by atoms with Crippen LogP contribution >= 0.6 is 22.9 Å². The Morgan fingerprint density at radius 1 is 0.577 bits per heavy atom. The minimum atomic E-state index is -0.312. The predicted octanol–water partition coefficient (Wildman–Crippen LogP) is 9.06. The van der Waals surface area contributed by atoms with E-state index in [2.05, 4.69) is 33.2 Å². The van der Waals surface area contributed by atoms with E-state index in [0.717, 1.165) is 56.1 Å². The number of hydrogen-bond acceptors (Lipinski definition) is 17. The van der Waals surface area contributed by atoms with Gasteiger partial charge in [0.05, 0.1) is 52.1 Å². The van der Waals surface area contributed by atoms with Gasteiger partial charge in [0.15, 0.2) is 5.69 Å². The fourth-order valence-electron chi connectivity index (χ4n) is 12.8. The Balaban J connectivity index is 0.000000149. The molecule has 0 atom stereocenters. The molecule has 3 aliphatic heterocycles. The number of aromatic nitrogens is 4. The van der Waals surface area contributed by atoms with Crippen LogP contribution in [0.25, 0.3) is 32.7 Å². The molecule has 5 aromatic carbocycles. The first kappa shape index (κ1) is 67.4. The van der Waals surface area contributed by atoms with E-state index in [1.54, 1.807) is 76.4 Å². The molecule has 3 saturated heterocycles. The van der Waals surface area contributed by atoms with Crippen LogP contribution in [-0.2, 0) is 20.1 Å². The van der Waals surface area contributed by atoms with Gasteiger partial charge >= 0.3 is 0 Å². The topological polar surface area (TPSA) is 247 Å². The van der Waals surface area contributed by atoms with Crippen molar-refractivity contribution < 1.29 is 23.6 Å². The zero-order valence-electron chi connectivity index (χ0n) is 54.5. The maximum Gasteiger partial charge on any atom is 0.276 e. The van der Waals surface area contributed by atoms with Crippen LogP contribution in [0.3, 0.4) is 0 Å². The fraction of sp³-hybridized carbons (Fsp3) is 0.288. The highest BCUT2D eigenvalue weighted by atomic mass is 35.5. The lowest BCUT2D eigenvalue weighted by Gasteiger charge is -2.37. The number of methoxy groups -OCH3 is 1. The monoisotopic (exact) mass is 1340 g/mol. The first-order valence-electron chi connectivity index (χ1n) is 31.8. The zero-order valence-corrected chi connectivity index (χ0v) is 56.1. The maximum atomic E-state index is 13.5. The van der Waals surface area contributed by atoms with E-state index in [0.29, 0.717) is 136 Å². The van der Waals surface area contributed by atoms with Crippen LogP contribution in [0.4, 0.5) is 17.1 Å². The molecule has 97 heavy (non-hydrogen) atoms. The number of carbonyl (C=O) groups is 3. The average Bonchev–Trinajstić information content (AvgIpc) is 1.14. The molecule has 22 nitrogen and oxygen atoms in total. The molecular weight excluding hydrogens is 1270 g/mol. The number of anilines is 3. The summed E-state index contributed by atoms with van der Waals surface area (Å²) in [6, 6.07) is 49.3. The van der Waals surface area contributed by atoms with Gasteiger partial charge in [-0.2, -0.15) is 15.8 Å². The predicted molar refractivity (Wildman–Crippen MR) is 376 cm³/mol. The number of ether oxygens (including phenoxy) is 1. The van der Waals surface area contributed by atoms with Gasteiger partial charge in [0.2, 0.25) is 0 Å². The van der Waals surface area contributed by atoms with Crippen LogP contribution < -0.4 is 36.1 Å². The molecule has 0 spiro atoms. The Bertz CT molecular complexity index is 4890. The molecular formula is C73H71ClN14O8S. The lowest BCUT2D eigenvalue weighted by atomic mass is 10.1. The van der Waals surface area contributed by atoms with Crippen LogP contribution in [0.5, 0.6) is 5.75 Å². The number of halogens is 1. The highest BCUT2D eigenvalue weighted by Gasteiger charge is 2.32. The number of benzene rings is 5. The zero-order chi connectivity index (χ0) is 68.4. The van der Waals surface area contributed by atoms with Gasteiger partial charge in [-0.05, 0) is 106 Å². The summed E-state index contributed by atoms with van der Waals surface area (Å²) in [5.41, 5.74) is 5.66. The van der Waals surface area contributed by atoms with Gasteiger partial charge in [-0.15, -0.1) is 11.3 Å². The van der Waals surface area contributed by atoms with Gasteiger partial charge < -0.3 is 57.3 Å². The van der Waals surface area contributed by atoms with Crippen LogP contribution in [0.2, 0.25) is 5.02 Å². The van der Waals surface area contributed by atoms with E-state index in [9.17, 15) is 44.6 Å². The van der Waals surface area contributed by atoms with Gasteiger partial charge in [-0.25, -0.2) is 0 Å². The van der Waals surface area contributed by atoms with Crippen LogP contribution in [0, 0.1) is 40.9 Å². The number of amides is 3. The van der Waals surface area contributed by atoms with Gasteiger partial charge in [0.25, 0.3) is 34.4 Å². The number of piperazine rings is 3. The molecule has 13 rings (SSSR count). The first-order valence-corrected chi connectivity index (χ1v) is 33.0. The quantitative estimate of drug-likeness (QED) is 0.104. The highest BCUT2D eigenvalue weighted by Crippen LogP contribution is 2.35. The number of aryl methyl sites for hydroxylation is 3. The van der Waals surface area contributed by atoms with Gasteiger partial charge in [-0.1, -0.05) is 89.6 Å². The SMILES string of the molecule is COc1ccc(C(=O)N2CCN(c3c(C#N)c(=O)n(CCCN(C)C)c4ccc(Cl)cc34)CC2)cc1.Cc1cc(C(=O)N2CCN(c3c(C#N)c(=O)n(C)c4ccccc34)CC2)no1.N#Cc1c(N2CCN(C(=O)c3cccs3)CC2)c2ccccc2n(Cc2ccccc2)c1=O. The van der Waals surface area contributed by atoms with Crippen molar-refractivity contribution in [1.82, 2.24) is 38.5 Å². The third kappa shape index (κ3) is 14.3. The van der Waals surface area contributed by atoms with Crippen molar-refractivity contribution in [2.24, 2.45) is 7.05 Å². The summed E-state index contributed by atoms with van der Waals surface area (Å²) in [7, 11) is 7.24. The normalized spacial score (nSPS) is 13.9. The Labute approximate surface area is 568 Å². The second-order valence-corrected chi connectivity index (χ2v) is 25.3. The summed E-state index contributed by atoms with van der Waals surface area (Å²) in [4.78, 5) is 92.1. The Hall–Kier alpha value is -11.0. The van der Waals surface area contributed by atoms with Gasteiger partial charge in [0.1, 0.15) is 46.4 Å². The van der Waals surface area contributed by atoms with Crippen LogP contribution in [0.1, 0.15) is 65.0 Å². The van der Waals surface area contributed by atoms with Crippen molar-refractivity contribution in [3.63, 3.8) is 0 Å². The average molecular weight is 1340 g/mol.